The fourth-order valence-corrected chi connectivity index (χ4v) is 4.24. The average Bonchev–Trinajstić information content (AvgIpc) is 2.59. The highest BCUT2D eigenvalue weighted by Gasteiger charge is 2.50. The van der Waals surface area contributed by atoms with Crippen molar-refractivity contribution in [2.75, 3.05) is 0 Å². The summed E-state index contributed by atoms with van der Waals surface area (Å²) in [5.41, 5.74) is 4.68. The summed E-state index contributed by atoms with van der Waals surface area (Å²) < 4.78 is 0. The lowest BCUT2D eigenvalue weighted by atomic mass is 9.63. The van der Waals surface area contributed by atoms with Crippen LogP contribution in [0.3, 0.4) is 0 Å². The second kappa shape index (κ2) is 6.02. The highest BCUT2D eigenvalue weighted by Crippen LogP contribution is 2.61. The van der Waals surface area contributed by atoms with Gasteiger partial charge in [-0.15, -0.1) is 0 Å². The Kier molecular flexibility index (Phi) is 5.32. The fraction of sp³-hybridized carbons (Fsp3) is 0.895. The molecule has 0 aromatic heterocycles. The van der Waals surface area contributed by atoms with Crippen molar-refractivity contribution in [3.63, 3.8) is 0 Å². The topological polar surface area (TPSA) is 0 Å². The quantitative estimate of drug-likeness (QED) is 0.492. The molecular formula is C19H36. The SMILES string of the molecule is CC.CCCC1=C2C(C[C@H](C)C2(C)C)C(C)(C)CC1. The molecule has 1 fully saturated rings. The summed E-state index contributed by atoms with van der Waals surface area (Å²) in [5.74, 6) is 1.72. The van der Waals surface area contributed by atoms with Crippen molar-refractivity contribution in [1.29, 1.82) is 0 Å². The second-order valence-corrected chi connectivity index (χ2v) is 7.67. The molecule has 2 atom stereocenters. The van der Waals surface area contributed by atoms with Gasteiger partial charge in [0.25, 0.3) is 0 Å². The zero-order chi connectivity index (χ0) is 14.8. The fourth-order valence-electron chi connectivity index (χ4n) is 4.24. The minimum Gasteiger partial charge on any atom is -0.0701 e. The maximum atomic E-state index is 2.49. The Hall–Kier alpha value is -0.260. The van der Waals surface area contributed by atoms with Crippen molar-refractivity contribution in [2.45, 2.75) is 87.5 Å². The summed E-state index contributed by atoms with van der Waals surface area (Å²) in [6.07, 6.45) is 6.85. The smallest absolute Gasteiger partial charge is 0.0113 e. The van der Waals surface area contributed by atoms with E-state index in [4.69, 9.17) is 0 Å². The highest BCUT2D eigenvalue weighted by molar-refractivity contribution is 5.33. The van der Waals surface area contributed by atoms with Crippen LogP contribution in [0.25, 0.3) is 0 Å². The van der Waals surface area contributed by atoms with E-state index in [1.54, 1.807) is 0 Å². The first-order valence-corrected chi connectivity index (χ1v) is 8.53. The Morgan fingerprint density at radius 3 is 2.21 bits per heavy atom. The van der Waals surface area contributed by atoms with E-state index in [1.807, 2.05) is 25.0 Å². The molecule has 0 heteroatoms. The molecule has 112 valence electrons. The first kappa shape index (κ1) is 16.8. The maximum absolute atomic E-state index is 2.49. The van der Waals surface area contributed by atoms with Gasteiger partial charge in [0.2, 0.25) is 0 Å². The largest absolute Gasteiger partial charge is 0.0701 e. The van der Waals surface area contributed by atoms with Crippen LogP contribution < -0.4 is 0 Å². The van der Waals surface area contributed by atoms with Crippen molar-refractivity contribution < 1.29 is 0 Å². The normalized spacial score (nSPS) is 31.6. The Labute approximate surface area is 122 Å². The molecule has 0 radical (unpaired) electrons. The van der Waals surface area contributed by atoms with Gasteiger partial charge in [-0.2, -0.15) is 0 Å². The van der Waals surface area contributed by atoms with Gasteiger partial charge >= 0.3 is 0 Å². The molecule has 0 N–H and O–H groups in total. The van der Waals surface area contributed by atoms with Crippen molar-refractivity contribution >= 4 is 0 Å². The van der Waals surface area contributed by atoms with Gasteiger partial charge in [-0.25, -0.2) is 0 Å². The standard InChI is InChI=1S/C17H30.C2H6/c1-7-8-13-9-10-16(3,4)14-11-12(2)17(5,6)15(13)14;1-2/h12,14H,7-11H2,1-6H3;1-2H3/t12-,14?;/m0./s1. The van der Waals surface area contributed by atoms with E-state index in [9.17, 15) is 0 Å². The van der Waals surface area contributed by atoms with Gasteiger partial charge in [0.15, 0.2) is 0 Å². The summed E-state index contributed by atoms with van der Waals surface area (Å²) in [4.78, 5) is 0. The van der Waals surface area contributed by atoms with E-state index in [0.717, 1.165) is 11.8 Å². The third-order valence-electron chi connectivity index (χ3n) is 5.81. The molecule has 2 rings (SSSR count). The van der Waals surface area contributed by atoms with E-state index in [1.165, 1.54) is 32.1 Å². The summed E-state index contributed by atoms with van der Waals surface area (Å²) in [6.45, 7) is 18.8. The number of rotatable bonds is 2. The number of hydrogen-bond donors (Lipinski definition) is 0. The molecule has 0 saturated heterocycles. The number of hydrogen-bond acceptors (Lipinski definition) is 0. The average molecular weight is 264 g/mol. The van der Waals surface area contributed by atoms with Crippen molar-refractivity contribution in [1.82, 2.24) is 0 Å². The molecule has 1 saturated carbocycles. The maximum Gasteiger partial charge on any atom is -0.0113 e. The first-order chi connectivity index (χ1) is 8.80. The molecule has 19 heavy (non-hydrogen) atoms. The minimum atomic E-state index is 0.451. The van der Waals surface area contributed by atoms with Crippen molar-refractivity contribution in [3.05, 3.63) is 11.1 Å². The van der Waals surface area contributed by atoms with Gasteiger partial charge in [0.05, 0.1) is 0 Å². The molecule has 2 aliphatic carbocycles. The van der Waals surface area contributed by atoms with Gasteiger partial charge in [-0.1, -0.05) is 73.0 Å². The molecule has 0 bridgehead atoms. The van der Waals surface area contributed by atoms with E-state index < -0.39 is 0 Å². The summed E-state index contributed by atoms with van der Waals surface area (Å²) in [7, 11) is 0. The van der Waals surface area contributed by atoms with E-state index in [2.05, 4.69) is 41.5 Å². The Balaban J connectivity index is 0.000000861. The van der Waals surface area contributed by atoms with Crippen LogP contribution >= 0.6 is 0 Å². The molecule has 0 spiro atoms. The second-order valence-electron chi connectivity index (χ2n) is 7.67. The zero-order valence-electron chi connectivity index (χ0n) is 14.7. The number of fused-ring (bicyclic) bond motifs is 1. The first-order valence-electron chi connectivity index (χ1n) is 8.53. The van der Waals surface area contributed by atoms with Crippen LogP contribution in [0.15, 0.2) is 11.1 Å². The van der Waals surface area contributed by atoms with Gasteiger partial charge in [0, 0.05) is 0 Å². The Morgan fingerprint density at radius 2 is 1.68 bits per heavy atom. The molecule has 0 nitrogen and oxygen atoms in total. The third kappa shape index (κ3) is 2.93. The van der Waals surface area contributed by atoms with Crippen molar-refractivity contribution in [3.8, 4) is 0 Å². The van der Waals surface area contributed by atoms with Gasteiger partial charge in [-0.05, 0) is 48.3 Å². The minimum absolute atomic E-state index is 0.451. The van der Waals surface area contributed by atoms with Crippen LogP contribution in [0.1, 0.15) is 87.5 Å². The van der Waals surface area contributed by atoms with Gasteiger partial charge < -0.3 is 0 Å². The predicted molar refractivity (Wildman–Crippen MR) is 87.3 cm³/mol. The molecule has 0 aromatic rings. The lowest BCUT2D eigenvalue weighted by Crippen LogP contribution is -2.30. The molecular weight excluding hydrogens is 228 g/mol. The monoisotopic (exact) mass is 264 g/mol. The zero-order valence-corrected chi connectivity index (χ0v) is 14.7. The predicted octanol–water partition coefficient (Wildman–Crippen LogP) is 6.61. The lowest BCUT2D eigenvalue weighted by molar-refractivity contribution is 0.207. The molecule has 0 amide bonds. The van der Waals surface area contributed by atoms with Gasteiger partial charge in [-0.3, -0.25) is 0 Å². The summed E-state index contributed by atoms with van der Waals surface area (Å²) in [6, 6.07) is 0. The van der Waals surface area contributed by atoms with E-state index in [-0.39, 0.29) is 0 Å². The van der Waals surface area contributed by atoms with Crippen LogP contribution in [0.2, 0.25) is 0 Å². The molecule has 2 aliphatic rings. The van der Waals surface area contributed by atoms with E-state index >= 15 is 0 Å². The number of allylic oxidation sites excluding steroid dienone is 2. The molecule has 0 aliphatic heterocycles. The molecule has 0 aromatic carbocycles. The van der Waals surface area contributed by atoms with Crippen LogP contribution in [0.5, 0.6) is 0 Å². The third-order valence-corrected chi connectivity index (χ3v) is 5.81. The summed E-state index contributed by atoms with van der Waals surface area (Å²) in [5, 5.41) is 0. The van der Waals surface area contributed by atoms with Crippen LogP contribution in [-0.2, 0) is 0 Å². The highest BCUT2D eigenvalue weighted by atomic mass is 14.5. The molecule has 1 unspecified atom stereocenters. The molecule has 0 heterocycles. The van der Waals surface area contributed by atoms with E-state index in [0.29, 0.717) is 10.8 Å². The van der Waals surface area contributed by atoms with Crippen LogP contribution in [0.4, 0.5) is 0 Å². The van der Waals surface area contributed by atoms with Gasteiger partial charge in [0.1, 0.15) is 0 Å². The lowest BCUT2D eigenvalue weighted by Gasteiger charge is -2.42. The summed E-state index contributed by atoms with van der Waals surface area (Å²) >= 11 is 0. The van der Waals surface area contributed by atoms with Crippen LogP contribution in [0, 0.1) is 22.7 Å². The van der Waals surface area contributed by atoms with Crippen molar-refractivity contribution in [2.24, 2.45) is 22.7 Å². The Morgan fingerprint density at radius 1 is 1.11 bits per heavy atom. The Bertz CT molecular complexity index is 330. The van der Waals surface area contributed by atoms with Crippen LogP contribution in [-0.4, -0.2) is 0 Å².